The molecule has 4 rings (SSSR count). The summed E-state index contributed by atoms with van der Waals surface area (Å²) in [4.78, 5) is 30.5. The van der Waals surface area contributed by atoms with E-state index in [1.165, 1.54) is 12.5 Å². The first-order chi connectivity index (χ1) is 14.4. The van der Waals surface area contributed by atoms with Crippen molar-refractivity contribution in [1.29, 1.82) is 0 Å². The zero-order valence-electron chi connectivity index (χ0n) is 17.5. The minimum atomic E-state index is -0.356. The zero-order chi connectivity index (χ0) is 21.3. The van der Waals surface area contributed by atoms with Gasteiger partial charge in [-0.25, -0.2) is 4.98 Å². The van der Waals surface area contributed by atoms with Crippen LogP contribution in [0.15, 0.2) is 48.5 Å². The average molecular weight is 403 g/mol. The number of imidazole rings is 1. The van der Waals surface area contributed by atoms with Gasteiger partial charge in [0.1, 0.15) is 11.6 Å². The van der Waals surface area contributed by atoms with Crippen LogP contribution in [-0.2, 0) is 28.9 Å². The molecule has 0 aliphatic carbocycles. The van der Waals surface area contributed by atoms with E-state index >= 15 is 0 Å². The summed E-state index contributed by atoms with van der Waals surface area (Å²) in [7, 11) is 3.53. The van der Waals surface area contributed by atoms with Crippen molar-refractivity contribution in [3.05, 3.63) is 65.6 Å². The van der Waals surface area contributed by atoms with Gasteiger partial charge >= 0.3 is 5.97 Å². The Kier molecular flexibility index (Phi) is 5.40. The number of rotatable bonds is 4. The van der Waals surface area contributed by atoms with E-state index in [1.54, 1.807) is 31.1 Å². The smallest absolute Gasteiger partial charge is 0.308 e. The lowest BCUT2D eigenvalue weighted by molar-refractivity contribution is -0.132. The van der Waals surface area contributed by atoms with Crippen molar-refractivity contribution in [2.24, 2.45) is 0 Å². The third kappa shape index (κ3) is 3.85. The van der Waals surface area contributed by atoms with Crippen LogP contribution in [0.3, 0.4) is 0 Å². The molecule has 3 aromatic rings. The molecule has 0 radical (unpaired) electrons. The van der Waals surface area contributed by atoms with Gasteiger partial charge in [-0.2, -0.15) is 0 Å². The first-order valence-electron chi connectivity index (χ1n) is 10.1. The molecule has 1 amide bonds. The normalized spacial score (nSPS) is 12.5. The number of fused-ring (bicyclic) bond motifs is 3. The predicted octanol–water partition coefficient (Wildman–Crippen LogP) is 3.58. The van der Waals surface area contributed by atoms with Crippen LogP contribution in [0.1, 0.15) is 30.4 Å². The van der Waals surface area contributed by atoms with Crippen LogP contribution in [0.25, 0.3) is 16.9 Å². The summed E-state index contributed by atoms with van der Waals surface area (Å²) in [6, 6.07) is 15.6. The summed E-state index contributed by atoms with van der Waals surface area (Å²) in [5.74, 6) is 1.13. The number of aryl methyl sites for hydroxylation is 2. The number of hydrogen-bond donors (Lipinski definition) is 0. The van der Waals surface area contributed by atoms with Crippen LogP contribution >= 0.6 is 0 Å². The number of carbonyl (C=O) groups excluding carboxylic acids is 2. The van der Waals surface area contributed by atoms with Gasteiger partial charge in [0.15, 0.2) is 0 Å². The van der Waals surface area contributed by atoms with E-state index in [0.29, 0.717) is 5.75 Å². The van der Waals surface area contributed by atoms with Gasteiger partial charge in [-0.05, 0) is 48.7 Å². The van der Waals surface area contributed by atoms with E-state index in [0.717, 1.165) is 47.7 Å². The number of para-hydroxylation sites is 1. The van der Waals surface area contributed by atoms with E-state index in [4.69, 9.17) is 9.72 Å². The molecule has 0 N–H and O–H groups in total. The summed E-state index contributed by atoms with van der Waals surface area (Å²) < 4.78 is 7.32. The van der Waals surface area contributed by atoms with E-state index in [9.17, 15) is 9.59 Å². The van der Waals surface area contributed by atoms with Gasteiger partial charge < -0.3 is 9.64 Å². The second-order valence-electron chi connectivity index (χ2n) is 7.72. The molecule has 2 heterocycles. The Morgan fingerprint density at radius 1 is 1.07 bits per heavy atom. The summed E-state index contributed by atoms with van der Waals surface area (Å²) >= 11 is 0. The van der Waals surface area contributed by atoms with E-state index in [1.807, 2.05) is 18.2 Å². The lowest BCUT2D eigenvalue weighted by atomic mass is 10.1. The predicted molar refractivity (Wildman–Crippen MR) is 115 cm³/mol. The Morgan fingerprint density at radius 3 is 2.50 bits per heavy atom. The standard InChI is InChI=1S/C24H25N3O3/c1-16(28)30-19-13-11-18(12-14-19)24-21(15-23(29)26(2)3)27-20-9-5-4-7-17(20)8-6-10-22(27)25-24/h4-5,7,9,11-14H,6,8,10,15H2,1-3H3. The quantitative estimate of drug-likeness (QED) is 0.493. The molecule has 1 aliphatic heterocycles. The van der Waals surface area contributed by atoms with Crippen molar-refractivity contribution < 1.29 is 14.3 Å². The molecule has 1 aliphatic rings. The minimum Gasteiger partial charge on any atom is -0.427 e. The number of benzene rings is 2. The maximum absolute atomic E-state index is 12.7. The molecule has 6 heteroatoms. The molecule has 154 valence electrons. The van der Waals surface area contributed by atoms with Gasteiger partial charge in [-0.1, -0.05) is 18.2 Å². The van der Waals surface area contributed by atoms with Crippen molar-refractivity contribution in [3.63, 3.8) is 0 Å². The molecule has 6 nitrogen and oxygen atoms in total. The Hall–Kier alpha value is -3.41. The Bertz CT molecular complexity index is 1100. The number of esters is 1. The summed E-state index contributed by atoms with van der Waals surface area (Å²) in [5, 5.41) is 0. The molecule has 30 heavy (non-hydrogen) atoms. The molecule has 0 saturated carbocycles. The molecule has 0 saturated heterocycles. The highest BCUT2D eigenvalue weighted by molar-refractivity contribution is 5.81. The summed E-state index contributed by atoms with van der Waals surface area (Å²) in [6.07, 6.45) is 3.12. The molecule has 0 spiro atoms. The fraction of sp³-hybridized carbons (Fsp3) is 0.292. The summed E-state index contributed by atoms with van der Waals surface area (Å²) in [5.41, 5.74) is 4.95. The van der Waals surface area contributed by atoms with Crippen molar-refractivity contribution in [1.82, 2.24) is 14.5 Å². The molecular weight excluding hydrogens is 378 g/mol. The third-order valence-electron chi connectivity index (χ3n) is 5.33. The number of hydrogen-bond acceptors (Lipinski definition) is 4. The highest BCUT2D eigenvalue weighted by atomic mass is 16.5. The molecule has 0 unspecified atom stereocenters. The number of likely N-dealkylation sites (N-methyl/N-ethyl adjacent to an activating group) is 1. The first kappa shape index (κ1) is 19.9. The van der Waals surface area contributed by atoms with Crippen LogP contribution in [0.4, 0.5) is 0 Å². The number of aromatic nitrogens is 2. The number of ether oxygens (including phenoxy) is 1. The summed E-state index contributed by atoms with van der Waals surface area (Å²) in [6.45, 7) is 1.38. The number of carbonyl (C=O) groups is 2. The lowest BCUT2D eigenvalue weighted by Crippen LogP contribution is -2.25. The highest BCUT2D eigenvalue weighted by Crippen LogP contribution is 2.33. The Labute approximate surface area is 176 Å². The van der Waals surface area contributed by atoms with Gasteiger partial charge in [0.25, 0.3) is 0 Å². The van der Waals surface area contributed by atoms with Crippen molar-refractivity contribution in [2.45, 2.75) is 32.6 Å². The largest absolute Gasteiger partial charge is 0.427 e. The SMILES string of the molecule is CC(=O)Oc1ccc(-c2nc3n(c2CC(=O)N(C)C)-c2ccccc2CCC3)cc1. The van der Waals surface area contributed by atoms with Crippen molar-refractivity contribution in [2.75, 3.05) is 14.1 Å². The van der Waals surface area contributed by atoms with E-state index in [2.05, 4.69) is 22.8 Å². The minimum absolute atomic E-state index is 0.0252. The number of amides is 1. The van der Waals surface area contributed by atoms with Gasteiger partial charge in [0, 0.05) is 33.0 Å². The first-order valence-corrected chi connectivity index (χ1v) is 10.1. The van der Waals surface area contributed by atoms with Gasteiger partial charge in [0.2, 0.25) is 5.91 Å². The topological polar surface area (TPSA) is 64.4 Å². The fourth-order valence-electron chi connectivity index (χ4n) is 3.88. The maximum Gasteiger partial charge on any atom is 0.308 e. The molecule has 0 fully saturated rings. The monoisotopic (exact) mass is 403 g/mol. The van der Waals surface area contributed by atoms with E-state index < -0.39 is 0 Å². The number of nitrogens with zero attached hydrogens (tertiary/aromatic N) is 3. The lowest BCUT2D eigenvalue weighted by Gasteiger charge is -2.16. The average Bonchev–Trinajstić information content (AvgIpc) is 2.95. The molecule has 0 bridgehead atoms. The molecule has 0 atom stereocenters. The van der Waals surface area contributed by atoms with Gasteiger partial charge in [-0.3, -0.25) is 14.2 Å². The Morgan fingerprint density at radius 2 is 1.80 bits per heavy atom. The van der Waals surface area contributed by atoms with Crippen molar-refractivity contribution in [3.8, 4) is 22.7 Å². The molecule has 2 aromatic carbocycles. The fourth-order valence-corrected chi connectivity index (χ4v) is 3.88. The van der Waals surface area contributed by atoms with Crippen LogP contribution in [-0.4, -0.2) is 40.4 Å². The second kappa shape index (κ2) is 8.14. The van der Waals surface area contributed by atoms with Crippen molar-refractivity contribution >= 4 is 11.9 Å². The zero-order valence-corrected chi connectivity index (χ0v) is 17.5. The van der Waals surface area contributed by atoms with Crippen LogP contribution in [0.5, 0.6) is 5.75 Å². The van der Waals surface area contributed by atoms with Crippen LogP contribution in [0.2, 0.25) is 0 Å². The van der Waals surface area contributed by atoms with Gasteiger partial charge in [-0.15, -0.1) is 0 Å². The van der Waals surface area contributed by atoms with Gasteiger partial charge in [0.05, 0.1) is 23.5 Å². The second-order valence-corrected chi connectivity index (χ2v) is 7.72. The van der Waals surface area contributed by atoms with Crippen LogP contribution in [0, 0.1) is 0 Å². The van der Waals surface area contributed by atoms with Crippen LogP contribution < -0.4 is 4.74 Å². The molecular formula is C24H25N3O3. The molecule has 1 aromatic heterocycles. The third-order valence-corrected chi connectivity index (χ3v) is 5.33. The Balaban J connectivity index is 1.86. The van der Waals surface area contributed by atoms with E-state index in [-0.39, 0.29) is 18.3 Å². The maximum atomic E-state index is 12.7. The highest BCUT2D eigenvalue weighted by Gasteiger charge is 2.25.